The molecule has 1 aliphatic heterocycles. The first-order chi connectivity index (χ1) is 10.1. The molecule has 0 bridgehead atoms. The molecule has 2 aromatic rings. The molecule has 1 unspecified atom stereocenters. The third kappa shape index (κ3) is 3.36. The monoisotopic (exact) mass is 378 g/mol. The summed E-state index contributed by atoms with van der Waals surface area (Å²) in [5.41, 5.74) is 0. The van der Waals surface area contributed by atoms with E-state index < -0.39 is 0 Å². The molecule has 0 saturated carbocycles. The summed E-state index contributed by atoms with van der Waals surface area (Å²) in [5.74, 6) is 0.567. The maximum Gasteiger partial charge on any atom is 0.265 e. The van der Waals surface area contributed by atoms with E-state index in [0.717, 1.165) is 36.1 Å². The molecule has 2 heterocycles. The Hall–Kier alpha value is -0.520. The minimum absolute atomic E-state index is 0. The predicted molar refractivity (Wildman–Crippen MR) is 97.0 cm³/mol. The second-order valence-electron chi connectivity index (χ2n) is 5.35. The lowest BCUT2D eigenvalue weighted by molar-refractivity contribution is 0.0792. The predicted octanol–water partition coefficient (Wildman–Crippen LogP) is 4.31. The second kappa shape index (κ2) is 7.37. The van der Waals surface area contributed by atoms with Crippen LogP contribution in [0.25, 0.3) is 10.1 Å². The number of likely N-dealkylation sites (tertiary alicyclic amines) is 1. The van der Waals surface area contributed by atoms with Crippen LogP contribution in [0, 0.1) is 5.92 Å². The lowest BCUT2D eigenvalue weighted by Gasteiger charge is -2.15. The number of nitrogens with zero attached hydrogens (tertiary/aromatic N) is 1. The van der Waals surface area contributed by atoms with Crippen molar-refractivity contribution >= 4 is 62.9 Å². The fourth-order valence-corrected chi connectivity index (χ4v) is 4.55. The molecule has 22 heavy (non-hydrogen) atoms. The van der Waals surface area contributed by atoms with Gasteiger partial charge in [-0.1, -0.05) is 29.3 Å². The van der Waals surface area contributed by atoms with Gasteiger partial charge in [0.05, 0.1) is 5.02 Å². The molecule has 0 radical (unpaired) electrons. The van der Waals surface area contributed by atoms with Crippen molar-refractivity contribution in [1.82, 2.24) is 10.2 Å². The van der Waals surface area contributed by atoms with Crippen LogP contribution in [0.4, 0.5) is 0 Å². The molecule has 1 N–H and O–H groups in total. The van der Waals surface area contributed by atoms with Crippen LogP contribution in [0.15, 0.2) is 18.2 Å². The minimum atomic E-state index is 0. The highest BCUT2D eigenvalue weighted by Crippen LogP contribution is 2.37. The molecular formula is C15H17Cl3N2OS. The number of rotatable bonds is 3. The van der Waals surface area contributed by atoms with Crippen molar-refractivity contribution in [2.24, 2.45) is 5.92 Å². The van der Waals surface area contributed by atoms with Crippen LogP contribution in [0.3, 0.4) is 0 Å². The number of carbonyl (C=O) groups is 1. The largest absolute Gasteiger partial charge is 0.338 e. The van der Waals surface area contributed by atoms with Gasteiger partial charge in [0.25, 0.3) is 5.91 Å². The first kappa shape index (κ1) is 17.8. The van der Waals surface area contributed by atoms with E-state index >= 15 is 0 Å². The Morgan fingerprint density at radius 3 is 2.95 bits per heavy atom. The van der Waals surface area contributed by atoms with E-state index in [1.54, 1.807) is 6.07 Å². The number of hydrogen-bond donors (Lipinski definition) is 1. The third-order valence-electron chi connectivity index (χ3n) is 3.85. The van der Waals surface area contributed by atoms with E-state index in [4.69, 9.17) is 23.2 Å². The molecule has 120 valence electrons. The van der Waals surface area contributed by atoms with E-state index in [1.165, 1.54) is 11.3 Å². The number of hydrogen-bond acceptors (Lipinski definition) is 3. The van der Waals surface area contributed by atoms with Crippen LogP contribution in [-0.4, -0.2) is 37.5 Å². The van der Waals surface area contributed by atoms with Crippen molar-refractivity contribution in [3.05, 3.63) is 33.1 Å². The third-order valence-corrected chi connectivity index (χ3v) is 5.73. The molecular weight excluding hydrogens is 363 g/mol. The van der Waals surface area contributed by atoms with Crippen molar-refractivity contribution in [3.8, 4) is 0 Å². The maximum atomic E-state index is 12.7. The topological polar surface area (TPSA) is 32.3 Å². The molecule has 1 fully saturated rings. The summed E-state index contributed by atoms with van der Waals surface area (Å²) in [4.78, 5) is 15.2. The number of amides is 1. The molecule has 1 saturated heterocycles. The summed E-state index contributed by atoms with van der Waals surface area (Å²) < 4.78 is 0.960. The van der Waals surface area contributed by atoms with Gasteiger partial charge in [-0.3, -0.25) is 4.79 Å². The Labute approximate surface area is 150 Å². The summed E-state index contributed by atoms with van der Waals surface area (Å²) in [6, 6.07) is 5.54. The van der Waals surface area contributed by atoms with Crippen molar-refractivity contribution in [2.45, 2.75) is 6.42 Å². The Bertz CT molecular complexity index is 689. The average Bonchev–Trinajstić information content (AvgIpc) is 3.04. The van der Waals surface area contributed by atoms with Gasteiger partial charge in [0, 0.05) is 28.2 Å². The van der Waals surface area contributed by atoms with Crippen LogP contribution in [0.1, 0.15) is 16.1 Å². The van der Waals surface area contributed by atoms with E-state index in [1.807, 2.05) is 24.1 Å². The van der Waals surface area contributed by atoms with Gasteiger partial charge in [-0.15, -0.1) is 23.7 Å². The Kier molecular flexibility index (Phi) is 5.97. The van der Waals surface area contributed by atoms with E-state index in [2.05, 4.69) is 5.32 Å². The standard InChI is InChI=1S/C15H16Cl2N2OS.ClH/c1-18-7-9-4-5-19(8-9)15(20)14-13(17)11-3-2-10(16)6-12(11)21-14;/h2-3,6,9,18H,4-5,7-8H2,1H3;1H. The van der Waals surface area contributed by atoms with Gasteiger partial charge in [0.15, 0.2) is 0 Å². The lowest BCUT2D eigenvalue weighted by atomic mass is 10.1. The van der Waals surface area contributed by atoms with Crippen LogP contribution in [0.2, 0.25) is 10.0 Å². The summed E-state index contributed by atoms with van der Waals surface area (Å²) in [6.07, 6.45) is 1.04. The van der Waals surface area contributed by atoms with Crippen molar-refractivity contribution in [1.29, 1.82) is 0 Å². The quantitative estimate of drug-likeness (QED) is 0.861. The Balaban J connectivity index is 0.00000176. The highest BCUT2D eigenvalue weighted by atomic mass is 35.5. The number of nitrogens with one attached hydrogen (secondary N) is 1. The molecule has 3 rings (SSSR count). The molecule has 0 spiro atoms. The van der Waals surface area contributed by atoms with E-state index in [-0.39, 0.29) is 18.3 Å². The average molecular weight is 380 g/mol. The van der Waals surface area contributed by atoms with Gasteiger partial charge >= 0.3 is 0 Å². The summed E-state index contributed by atoms with van der Waals surface area (Å²) in [7, 11) is 1.94. The zero-order chi connectivity index (χ0) is 15.0. The molecule has 1 amide bonds. The Morgan fingerprint density at radius 2 is 2.23 bits per heavy atom. The molecule has 1 atom stereocenters. The molecule has 1 aliphatic rings. The smallest absolute Gasteiger partial charge is 0.265 e. The molecule has 7 heteroatoms. The first-order valence-corrected chi connectivity index (χ1v) is 8.49. The number of benzene rings is 1. The highest BCUT2D eigenvalue weighted by Gasteiger charge is 2.29. The van der Waals surface area contributed by atoms with Gasteiger partial charge in [0.2, 0.25) is 0 Å². The molecule has 1 aromatic heterocycles. The molecule has 1 aromatic carbocycles. The fourth-order valence-electron chi connectivity index (χ4n) is 2.79. The summed E-state index contributed by atoms with van der Waals surface area (Å²) in [6.45, 7) is 2.54. The second-order valence-corrected chi connectivity index (χ2v) is 7.22. The molecule has 3 nitrogen and oxygen atoms in total. The minimum Gasteiger partial charge on any atom is -0.338 e. The maximum absolute atomic E-state index is 12.7. The SMILES string of the molecule is CNCC1CCN(C(=O)c2sc3cc(Cl)ccc3c2Cl)C1.Cl. The Morgan fingerprint density at radius 1 is 1.45 bits per heavy atom. The number of carbonyl (C=O) groups excluding carboxylic acids is 1. The first-order valence-electron chi connectivity index (χ1n) is 6.91. The van der Waals surface area contributed by atoms with Crippen molar-refractivity contribution in [3.63, 3.8) is 0 Å². The fraction of sp³-hybridized carbons (Fsp3) is 0.400. The van der Waals surface area contributed by atoms with E-state index in [0.29, 0.717) is 20.8 Å². The van der Waals surface area contributed by atoms with Gasteiger partial charge in [0.1, 0.15) is 4.88 Å². The normalized spacial score (nSPS) is 17.8. The summed E-state index contributed by atoms with van der Waals surface area (Å²) in [5, 5.41) is 5.29. The van der Waals surface area contributed by atoms with Crippen LogP contribution in [-0.2, 0) is 0 Å². The van der Waals surface area contributed by atoms with E-state index in [9.17, 15) is 4.79 Å². The van der Waals surface area contributed by atoms with Gasteiger partial charge < -0.3 is 10.2 Å². The highest BCUT2D eigenvalue weighted by molar-refractivity contribution is 7.21. The van der Waals surface area contributed by atoms with Crippen LogP contribution < -0.4 is 5.32 Å². The summed E-state index contributed by atoms with van der Waals surface area (Å²) >= 11 is 13.8. The van der Waals surface area contributed by atoms with Gasteiger partial charge in [-0.05, 0) is 38.1 Å². The number of halogens is 3. The number of thiophene rings is 1. The number of fused-ring (bicyclic) bond motifs is 1. The van der Waals surface area contributed by atoms with Gasteiger partial charge in [-0.2, -0.15) is 0 Å². The molecule has 0 aliphatic carbocycles. The van der Waals surface area contributed by atoms with Crippen LogP contribution >= 0.6 is 46.9 Å². The lowest BCUT2D eigenvalue weighted by Crippen LogP contribution is -2.29. The zero-order valence-corrected chi connectivity index (χ0v) is 15.2. The zero-order valence-electron chi connectivity index (χ0n) is 12.1. The van der Waals surface area contributed by atoms with Crippen molar-refractivity contribution < 1.29 is 4.79 Å². The van der Waals surface area contributed by atoms with Gasteiger partial charge in [-0.25, -0.2) is 0 Å². The van der Waals surface area contributed by atoms with Crippen LogP contribution in [0.5, 0.6) is 0 Å². The van der Waals surface area contributed by atoms with Crippen molar-refractivity contribution in [2.75, 3.05) is 26.7 Å².